The molecule has 0 aromatic heterocycles. The van der Waals surface area contributed by atoms with E-state index in [0.717, 1.165) is 16.7 Å². The topological polar surface area (TPSA) is 15.3 Å². The van der Waals surface area contributed by atoms with E-state index in [2.05, 4.69) is 11.4 Å². The second-order valence-corrected chi connectivity index (χ2v) is 5.90. The quantitative estimate of drug-likeness (QED) is 0.859. The minimum atomic E-state index is -4.18. The van der Waals surface area contributed by atoms with E-state index in [1.54, 1.807) is 20.9 Å². The summed E-state index contributed by atoms with van der Waals surface area (Å²) in [4.78, 5) is 1.46. The average Bonchev–Trinajstić information content (AvgIpc) is 2.31. The van der Waals surface area contributed by atoms with E-state index in [1.165, 1.54) is 4.90 Å². The summed E-state index contributed by atoms with van der Waals surface area (Å²) < 4.78 is 38.1. The van der Waals surface area contributed by atoms with Crippen LogP contribution in [-0.4, -0.2) is 37.3 Å². The number of nitrogens with one attached hydrogen (secondary N) is 1. The minimum absolute atomic E-state index is 0.117. The van der Waals surface area contributed by atoms with Crippen LogP contribution in [0.1, 0.15) is 36.6 Å². The maximum atomic E-state index is 12.7. The highest BCUT2D eigenvalue weighted by atomic mass is 19.4. The first-order valence-corrected chi connectivity index (χ1v) is 7.18. The Labute approximate surface area is 125 Å². The van der Waals surface area contributed by atoms with Gasteiger partial charge in [0, 0.05) is 18.6 Å². The van der Waals surface area contributed by atoms with E-state index in [-0.39, 0.29) is 12.1 Å². The summed E-state index contributed by atoms with van der Waals surface area (Å²) in [6.45, 7) is 7.03. The molecule has 1 rings (SSSR count). The molecule has 0 fully saturated rings. The van der Waals surface area contributed by atoms with Crippen molar-refractivity contribution in [3.05, 3.63) is 34.9 Å². The highest BCUT2D eigenvalue weighted by Gasteiger charge is 2.32. The van der Waals surface area contributed by atoms with Crippen LogP contribution in [0.25, 0.3) is 0 Å². The number of likely N-dealkylation sites (N-methyl/N-ethyl adjacent to an activating group) is 1. The number of alkyl halides is 3. The van der Waals surface area contributed by atoms with Gasteiger partial charge in [-0.1, -0.05) is 29.3 Å². The zero-order chi connectivity index (χ0) is 16.2. The molecule has 0 spiro atoms. The first-order valence-electron chi connectivity index (χ1n) is 7.18. The third-order valence-electron chi connectivity index (χ3n) is 3.52. The van der Waals surface area contributed by atoms with E-state index in [4.69, 9.17) is 0 Å². The summed E-state index contributed by atoms with van der Waals surface area (Å²) in [5.74, 6) is 0. The minimum Gasteiger partial charge on any atom is -0.312 e. The maximum Gasteiger partial charge on any atom is 0.401 e. The molecule has 0 aliphatic carbocycles. The molecule has 1 N–H and O–H groups in total. The van der Waals surface area contributed by atoms with Gasteiger partial charge in [0.2, 0.25) is 0 Å². The van der Waals surface area contributed by atoms with Gasteiger partial charge in [0.1, 0.15) is 0 Å². The number of halogens is 3. The van der Waals surface area contributed by atoms with Gasteiger partial charge in [-0.25, -0.2) is 0 Å². The normalized spacial score (nSPS) is 14.0. The predicted molar refractivity (Wildman–Crippen MR) is 80.5 cm³/mol. The molecule has 0 bridgehead atoms. The molecule has 0 aliphatic rings. The zero-order valence-corrected chi connectivity index (χ0v) is 13.4. The molecule has 2 nitrogen and oxygen atoms in total. The number of aryl methyl sites for hydroxylation is 2. The monoisotopic (exact) mass is 302 g/mol. The molecule has 0 saturated heterocycles. The molecule has 120 valence electrons. The molecule has 0 heterocycles. The van der Waals surface area contributed by atoms with Crippen molar-refractivity contribution in [1.82, 2.24) is 10.2 Å². The summed E-state index contributed by atoms with van der Waals surface area (Å²) in [6.07, 6.45) is -4.18. The first kappa shape index (κ1) is 18.0. The lowest BCUT2D eigenvalue weighted by atomic mass is 10.0. The highest BCUT2D eigenvalue weighted by Crippen LogP contribution is 2.22. The number of nitrogens with zero attached hydrogens (tertiary/aromatic N) is 1. The molecule has 0 saturated carbocycles. The van der Waals surface area contributed by atoms with Gasteiger partial charge in [-0.3, -0.25) is 4.90 Å². The van der Waals surface area contributed by atoms with E-state index < -0.39 is 12.7 Å². The molecule has 1 aromatic carbocycles. The van der Waals surface area contributed by atoms with Crippen molar-refractivity contribution in [3.8, 4) is 0 Å². The van der Waals surface area contributed by atoms with Crippen molar-refractivity contribution in [2.45, 2.75) is 46.0 Å². The second-order valence-electron chi connectivity index (χ2n) is 5.90. The lowest BCUT2D eigenvalue weighted by Crippen LogP contribution is -2.43. The number of rotatable bonds is 6. The van der Waals surface area contributed by atoms with Crippen molar-refractivity contribution >= 4 is 0 Å². The Bertz CT molecular complexity index is 435. The van der Waals surface area contributed by atoms with E-state index in [0.29, 0.717) is 6.54 Å². The van der Waals surface area contributed by atoms with Crippen LogP contribution in [0.3, 0.4) is 0 Å². The van der Waals surface area contributed by atoms with E-state index in [9.17, 15) is 13.2 Å². The second kappa shape index (κ2) is 7.27. The van der Waals surface area contributed by atoms with E-state index >= 15 is 0 Å². The number of hydrogen-bond donors (Lipinski definition) is 1. The van der Waals surface area contributed by atoms with Crippen LogP contribution in [0.15, 0.2) is 18.2 Å². The highest BCUT2D eigenvalue weighted by molar-refractivity contribution is 5.30. The van der Waals surface area contributed by atoms with Crippen LogP contribution >= 0.6 is 0 Å². The smallest absolute Gasteiger partial charge is 0.312 e. The third kappa shape index (κ3) is 6.06. The van der Waals surface area contributed by atoms with Gasteiger partial charge < -0.3 is 5.32 Å². The summed E-state index contributed by atoms with van der Waals surface area (Å²) in [5.41, 5.74) is 3.28. The zero-order valence-electron chi connectivity index (χ0n) is 13.4. The van der Waals surface area contributed by atoms with Crippen molar-refractivity contribution < 1.29 is 13.2 Å². The SMILES string of the molecule is CNC(CN(CC(F)(F)F)C(C)C)c1cc(C)cc(C)c1. The lowest BCUT2D eigenvalue weighted by Gasteiger charge is -2.31. The Morgan fingerprint density at radius 3 is 2.00 bits per heavy atom. The van der Waals surface area contributed by atoms with Crippen LogP contribution in [0.4, 0.5) is 13.2 Å². The Hall–Kier alpha value is -1.07. The largest absolute Gasteiger partial charge is 0.401 e. The Balaban J connectivity index is 2.92. The van der Waals surface area contributed by atoms with Crippen molar-refractivity contribution in [2.24, 2.45) is 0 Å². The number of hydrogen-bond acceptors (Lipinski definition) is 2. The Morgan fingerprint density at radius 2 is 1.62 bits per heavy atom. The number of benzene rings is 1. The third-order valence-corrected chi connectivity index (χ3v) is 3.52. The van der Waals surface area contributed by atoms with Crippen LogP contribution in [0.5, 0.6) is 0 Å². The fourth-order valence-corrected chi connectivity index (χ4v) is 2.50. The van der Waals surface area contributed by atoms with Gasteiger partial charge in [0.05, 0.1) is 6.54 Å². The van der Waals surface area contributed by atoms with Crippen LogP contribution in [0.2, 0.25) is 0 Å². The summed E-state index contributed by atoms with van der Waals surface area (Å²) in [5, 5.41) is 3.13. The molecule has 5 heteroatoms. The molecule has 0 amide bonds. The van der Waals surface area contributed by atoms with Crippen LogP contribution in [0, 0.1) is 13.8 Å². The van der Waals surface area contributed by atoms with Gasteiger partial charge in [0.15, 0.2) is 0 Å². The molecule has 1 aromatic rings. The lowest BCUT2D eigenvalue weighted by molar-refractivity contribution is -0.150. The molecule has 0 aliphatic heterocycles. The van der Waals surface area contributed by atoms with Crippen molar-refractivity contribution in [1.29, 1.82) is 0 Å². The molecular weight excluding hydrogens is 277 g/mol. The first-order chi connectivity index (χ1) is 9.62. The molecule has 0 radical (unpaired) electrons. The molecular formula is C16H25F3N2. The van der Waals surface area contributed by atoms with Gasteiger partial charge >= 0.3 is 6.18 Å². The molecule has 21 heavy (non-hydrogen) atoms. The van der Waals surface area contributed by atoms with Gasteiger partial charge in [-0.15, -0.1) is 0 Å². The van der Waals surface area contributed by atoms with Crippen LogP contribution < -0.4 is 5.32 Å². The standard InChI is InChI=1S/C16H25F3N2/c1-11(2)21(10-16(17,18)19)9-15(20-5)14-7-12(3)6-13(4)8-14/h6-8,11,15,20H,9-10H2,1-5H3. The fraction of sp³-hybridized carbons (Fsp3) is 0.625. The molecule has 1 atom stereocenters. The Kier molecular flexibility index (Phi) is 6.23. The maximum absolute atomic E-state index is 12.7. The van der Waals surface area contributed by atoms with E-state index in [1.807, 2.05) is 26.0 Å². The fourth-order valence-electron chi connectivity index (χ4n) is 2.50. The Morgan fingerprint density at radius 1 is 1.10 bits per heavy atom. The van der Waals surface area contributed by atoms with Gasteiger partial charge in [-0.05, 0) is 40.3 Å². The van der Waals surface area contributed by atoms with Gasteiger partial charge in [0.25, 0.3) is 0 Å². The van der Waals surface area contributed by atoms with Gasteiger partial charge in [-0.2, -0.15) is 13.2 Å². The molecule has 1 unspecified atom stereocenters. The average molecular weight is 302 g/mol. The summed E-state index contributed by atoms with van der Waals surface area (Å²) in [7, 11) is 1.79. The summed E-state index contributed by atoms with van der Waals surface area (Å²) >= 11 is 0. The van der Waals surface area contributed by atoms with Crippen molar-refractivity contribution in [2.75, 3.05) is 20.1 Å². The summed E-state index contributed by atoms with van der Waals surface area (Å²) in [6, 6.07) is 5.84. The van der Waals surface area contributed by atoms with Crippen LogP contribution in [-0.2, 0) is 0 Å². The van der Waals surface area contributed by atoms with Crippen molar-refractivity contribution in [3.63, 3.8) is 0 Å². The predicted octanol–water partition coefficient (Wildman–Crippen LogP) is 3.84.